The third-order valence-corrected chi connectivity index (χ3v) is 7.47. The predicted molar refractivity (Wildman–Crippen MR) is 138 cm³/mol. The fraction of sp³-hybridized carbons (Fsp3) is 0.958. The third-order valence-electron chi connectivity index (χ3n) is 7.47. The van der Waals surface area contributed by atoms with E-state index in [1.807, 2.05) is 0 Å². The van der Waals surface area contributed by atoms with Crippen LogP contribution < -0.4 is 0 Å². The van der Waals surface area contributed by atoms with E-state index >= 15 is 0 Å². The van der Waals surface area contributed by atoms with Crippen LogP contribution in [0.3, 0.4) is 0 Å². The van der Waals surface area contributed by atoms with Crippen LogP contribution in [0.25, 0.3) is 0 Å². The van der Waals surface area contributed by atoms with Crippen molar-refractivity contribution in [3.8, 4) is 0 Å². The van der Waals surface area contributed by atoms with Crippen LogP contribution >= 0.6 is 0 Å². The molecule has 22 nitrogen and oxygen atoms in total. The summed E-state index contributed by atoms with van der Waals surface area (Å²) in [6.07, 6.45) is -31.5. The molecule has 0 aromatic heterocycles. The number of hydrogen-bond donors (Lipinski definition) is 16. The van der Waals surface area contributed by atoms with Crippen molar-refractivity contribution in [1.29, 1.82) is 0 Å². The van der Waals surface area contributed by atoms with Gasteiger partial charge in [0.05, 0.1) is 26.4 Å². The Hall–Kier alpha value is -1.17. The average molecular weight is 685 g/mol. The first-order valence-electron chi connectivity index (χ1n) is 13.9. The normalized spacial score (nSPS) is 44.3. The molecule has 3 saturated heterocycles. The maximum Gasteiger partial charge on any atom is 0.186 e. The van der Waals surface area contributed by atoms with Crippen molar-refractivity contribution in [2.24, 2.45) is 0 Å². The summed E-state index contributed by atoms with van der Waals surface area (Å²) < 4.78 is 25.4. The molecular weight excluding hydrogens is 640 g/mol. The lowest BCUT2D eigenvalue weighted by molar-refractivity contribution is -0.333. The summed E-state index contributed by atoms with van der Waals surface area (Å²) >= 11 is 0. The Labute approximate surface area is 260 Å². The molecule has 16 N–H and O–H groups in total. The van der Waals surface area contributed by atoms with E-state index in [-0.39, 0.29) is 6.29 Å². The van der Waals surface area contributed by atoms with Gasteiger partial charge in [-0.1, -0.05) is 0 Å². The molecule has 0 aromatic carbocycles. The quantitative estimate of drug-likeness (QED) is 0.0848. The summed E-state index contributed by atoms with van der Waals surface area (Å²) in [5, 5.41) is 152. The lowest BCUT2D eigenvalue weighted by Gasteiger charge is -2.42. The summed E-state index contributed by atoms with van der Waals surface area (Å²) in [6, 6.07) is 0. The van der Waals surface area contributed by atoms with Crippen molar-refractivity contribution in [2.75, 3.05) is 26.4 Å². The van der Waals surface area contributed by atoms with Crippen molar-refractivity contribution in [3.05, 3.63) is 0 Å². The second kappa shape index (κ2) is 18.6. The molecule has 0 amide bonds. The lowest BCUT2D eigenvalue weighted by atomic mass is 9.98. The zero-order valence-corrected chi connectivity index (χ0v) is 24.0. The fourth-order valence-corrected chi connectivity index (χ4v) is 4.47. The zero-order valence-electron chi connectivity index (χ0n) is 24.0. The van der Waals surface area contributed by atoms with Gasteiger partial charge in [-0.2, -0.15) is 0 Å². The first-order valence-corrected chi connectivity index (χ1v) is 13.9. The van der Waals surface area contributed by atoms with Crippen LogP contribution in [0, 0.1) is 0 Å². The van der Waals surface area contributed by atoms with E-state index in [1.165, 1.54) is 0 Å². The van der Waals surface area contributed by atoms with Gasteiger partial charge in [-0.15, -0.1) is 0 Å². The number of ether oxygens (including phenoxy) is 5. The third kappa shape index (κ3) is 9.94. The molecule has 3 rings (SSSR count). The molecule has 0 spiro atoms. The standard InChI is InChI=1S/C18H32O16.C6H12O6/c19-1-5(21)9(23)10(24)6(22)3-31-17-16(30)14(28)12(26)8(34-17)4-32-18-15(29)13(27)11(25)7(2-20)33-18;7-1-2-3(8)4(9)5(10)6(11)12-2/h1,5-18,20-30H,2-4H2;2-11H,1H2/t5-,6+,7+,8+,9+,10+,11?,12+,13?,14-,15?,16?,17-,18-;2-,3-,4+,5-,6?/m01/s1. The minimum atomic E-state index is -2.04. The van der Waals surface area contributed by atoms with E-state index in [2.05, 4.69) is 4.74 Å². The molecule has 0 radical (unpaired) electrons. The largest absolute Gasteiger partial charge is 0.394 e. The Morgan fingerprint density at radius 2 is 0.978 bits per heavy atom. The maximum absolute atomic E-state index is 10.5. The van der Waals surface area contributed by atoms with Crippen LogP contribution in [0.15, 0.2) is 0 Å². The molecule has 3 aliphatic rings. The highest BCUT2D eigenvalue weighted by Crippen LogP contribution is 2.26. The second-order valence-corrected chi connectivity index (χ2v) is 10.8. The Morgan fingerprint density at radius 3 is 1.48 bits per heavy atom. The molecule has 19 atom stereocenters. The van der Waals surface area contributed by atoms with Crippen LogP contribution in [0.5, 0.6) is 0 Å². The van der Waals surface area contributed by atoms with Crippen molar-refractivity contribution in [3.63, 3.8) is 0 Å². The van der Waals surface area contributed by atoms with E-state index in [0.717, 1.165) is 0 Å². The molecule has 3 fully saturated rings. The molecule has 3 heterocycles. The molecule has 272 valence electrons. The molecule has 0 aliphatic carbocycles. The van der Waals surface area contributed by atoms with Gasteiger partial charge in [-0.25, -0.2) is 0 Å². The first kappa shape index (κ1) is 41.0. The van der Waals surface area contributed by atoms with Crippen molar-refractivity contribution in [1.82, 2.24) is 0 Å². The van der Waals surface area contributed by atoms with Crippen LogP contribution in [0.2, 0.25) is 0 Å². The number of aliphatic hydroxyl groups excluding tert-OH is 16. The first-order chi connectivity index (χ1) is 21.5. The van der Waals surface area contributed by atoms with Gasteiger partial charge in [-0.05, 0) is 0 Å². The van der Waals surface area contributed by atoms with E-state index in [9.17, 15) is 61.0 Å². The topological polar surface area (TPSA) is 387 Å². The van der Waals surface area contributed by atoms with Crippen LogP contribution in [0.1, 0.15) is 0 Å². The maximum atomic E-state index is 10.5. The van der Waals surface area contributed by atoms with Crippen molar-refractivity contribution < 1.29 is 110 Å². The highest BCUT2D eigenvalue weighted by Gasteiger charge is 2.48. The Kier molecular flexibility index (Phi) is 16.5. The molecule has 46 heavy (non-hydrogen) atoms. The van der Waals surface area contributed by atoms with Gasteiger partial charge in [0.15, 0.2) is 25.2 Å². The fourth-order valence-electron chi connectivity index (χ4n) is 4.47. The van der Waals surface area contributed by atoms with Gasteiger partial charge in [0.1, 0.15) is 97.7 Å². The van der Waals surface area contributed by atoms with E-state index in [0.29, 0.717) is 0 Å². The predicted octanol–water partition coefficient (Wildman–Crippen LogP) is -11.0. The SMILES string of the molecule is O=C[C@H](O)[C@@H](O)[C@H](O)[C@H](O)CO[C@H]1O[C@H](CO[C@H]2O[C@H](CO)C(O)C(O)C2O)[C@@H](O)[C@H](O)C1O.OC[C@H]1OC(O)[C@H](O)[C@@H](O)[C@@H]1O. The summed E-state index contributed by atoms with van der Waals surface area (Å²) in [4.78, 5) is 10.5. The minimum Gasteiger partial charge on any atom is -0.394 e. The molecule has 3 aliphatic heterocycles. The van der Waals surface area contributed by atoms with Gasteiger partial charge in [0.25, 0.3) is 0 Å². The Morgan fingerprint density at radius 1 is 0.543 bits per heavy atom. The smallest absolute Gasteiger partial charge is 0.186 e. The van der Waals surface area contributed by atoms with Gasteiger partial charge >= 0.3 is 0 Å². The summed E-state index contributed by atoms with van der Waals surface area (Å²) in [5.41, 5.74) is 0. The van der Waals surface area contributed by atoms with E-state index in [1.54, 1.807) is 0 Å². The molecule has 0 aromatic rings. The average Bonchev–Trinajstić information content (AvgIpc) is 3.05. The highest BCUT2D eigenvalue weighted by molar-refractivity contribution is 5.56. The number of carbonyl (C=O) groups is 1. The number of hydrogen-bond acceptors (Lipinski definition) is 22. The van der Waals surface area contributed by atoms with Gasteiger partial charge in [0.2, 0.25) is 0 Å². The monoisotopic (exact) mass is 684 g/mol. The molecule has 0 bridgehead atoms. The highest BCUT2D eigenvalue weighted by atomic mass is 16.7. The van der Waals surface area contributed by atoms with E-state index in [4.69, 9.17) is 44.5 Å². The van der Waals surface area contributed by atoms with Crippen molar-refractivity contribution >= 4 is 6.29 Å². The molecular formula is C24H44O22. The van der Waals surface area contributed by atoms with Gasteiger partial charge in [0, 0.05) is 0 Å². The number of rotatable bonds is 12. The molecule has 0 saturated carbocycles. The van der Waals surface area contributed by atoms with Crippen LogP contribution in [-0.4, -0.2) is 231 Å². The Balaban J connectivity index is 0.000000512. The summed E-state index contributed by atoms with van der Waals surface area (Å²) in [5.74, 6) is 0. The minimum absolute atomic E-state index is 0.0623. The van der Waals surface area contributed by atoms with Gasteiger partial charge < -0.3 is 110 Å². The van der Waals surface area contributed by atoms with Crippen molar-refractivity contribution in [2.45, 2.75) is 117 Å². The van der Waals surface area contributed by atoms with Crippen LogP contribution in [0.4, 0.5) is 0 Å². The zero-order chi connectivity index (χ0) is 35.0. The number of aldehydes is 1. The molecule has 5 unspecified atom stereocenters. The Bertz CT molecular complexity index is 880. The van der Waals surface area contributed by atoms with E-state index < -0.39 is 143 Å². The lowest BCUT2D eigenvalue weighted by Crippen LogP contribution is -2.62. The second-order valence-electron chi connectivity index (χ2n) is 10.8. The number of aliphatic hydroxyl groups is 16. The van der Waals surface area contributed by atoms with Crippen LogP contribution in [-0.2, 0) is 28.5 Å². The van der Waals surface area contributed by atoms with Gasteiger partial charge in [-0.3, -0.25) is 0 Å². The summed E-state index contributed by atoms with van der Waals surface area (Å²) in [7, 11) is 0. The summed E-state index contributed by atoms with van der Waals surface area (Å²) in [6.45, 7) is -2.65. The number of carbonyl (C=O) groups excluding carboxylic acids is 1. The molecule has 22 heteroatoms.